The Morgan fingerprint density at radius 3 is 0.824 bits per heavy atom. The molecule has 0 aliphatic rings. The van der Waals surface area contributed by atoms with Gasteiger partial charge >= 0.3 is 5.97 Å². The van der Waals surface area contributed by atoms with Crippen molar-refractivity contribution < 1.29 is 24.5 Å². The Balaban J connectivity index is 3.38. The Morgan fingerprint density at radius 1 is 0.324 bits per heavy atom. The second-order valence-electron chi connectivity index (χ2n) is 23.9. The van der Waals surface area contributed by atoms with Gasteiger partial charge in [-0.2, -0.15) is 0 Å². The predicted molar refractivity (Wildman–Crippen MR) is 324 cm³/mol. The number of esters is 1. The number of aliphatic hydroxyl groups excluding tert-OH is 2. The minimum atomic E-state index is -0.666. The van der Waals surface area contributed by atoms with Gasteiger partial charge in [0.25, 0.3) is 0 Å². The van der Waals surface area contributed by atoms with Crippen LogP contribution in [0.4, 0.5) is 0 Å². The van der Waals surface area contributed by atoms with Crippen LogP contribution in [0.3, 0.4) is 0 Å². The van der Waals surface area contributed by atoms with Crippen molar-refractivity contribution in [3.05, 3.63) is 0 Å². The molecule has 2 atom stereocenters. The Labute approximate surface area is 464 Å². The summed E-state index contributed by atoms with van der Waals surface area (Å²) in [5.74, 6) is -0.0167. The molecule has 0 radical (unpaired) electrons. The van der Waals surface area contributed by atoms with Gasteiger partial charge in [0.1, 0.15) is 0 Å². The third kappa shape index (κ3) is 60.1. The van der Waals surface area contributed by atoms with Gasteiger partial charge in [-0.3, -0.25) is 9.59 Å². The predicted octanol–water partition coefficient (Wildman–Crippen LogP) is 21.8. The largest absolute Gasteiger partial charge is 0.466 e. The van der Waals surface area contributed by atoms with Crippen molar-refractivity contribution >= 4 is 11.9 Å². The second-order valence-corrected chi connectivity index (χ2v) is 23.9. The first-order valence-electron chi connectivity index (χ1n) is 34.3. The van der Waals surface area contributed by atoms with E-state index < -0.39 is 12.1 Å². The number of ether oxygens (including phenoxy) is 1. The van der Waals surface area contributed by atoms with Gasteiger partial charge in [-0.15, -0.1) is 0 Å². The molecule has 0 spiro atoms. The molecule has 0 bridgehead atoms. The van der Waals surface area contributed by atoms with E-state index in [4.69, 9.17) is 4.74 Å². The molecule has 0 saturated heterocycles. The van der Waals surface area contributed by atoms with E-state index in [2.05, 4.69) is 19.2 Å². The number of unbranched alkanes of at least 4 members (excludes halogenated alkanes) is 54. The summed E-state index contributed by atoms with van der Waals surface area (Å²) in [4.78, 5) is 24.6. The Morgan fingerprint density at radius 2 is 0.554 bits per heavy atom. The monoisotopic (exact) mass is 1050 g/mol. The normalized spacial score (nSPS) is 12.4. The van der Waals surface area contributed by atoms with E-state index in [1.807, 2.05) is 0 Å². The summed E-state index contributed by atoms with van der Waals surface area (Å²) in [6, 6.07) is -0.543. The first-order valence-corrected chi connectivity index (χ1v) is 34.3. The summed E-state index contributed by atoms with van der Waals surface area (Å²) >= 11 is 0. The molecule has 442 valence electrons. The van der Waals surface area contributed by atoms with Gasteiger partial charge in [-0.25, -0.2) is 0 Å². The third-order valence-electron chi connectivity index (χ3n) is 16.4. The zero-order valence-corrected chi connectivity index (χ0v) is 50.6. The molecule has 74 heavy (non-hydrogen) atoms. The van der Waals surface area contributed by atoms with Gasteiger partial charge in [0.05, 0.1) is 25.4 Å². The fourth-order valence-electron chi connectivity index (χ4n) is 11.2. The summed E-state index contributed by atoms with van der Waals surface area (Å²) in [6.07, 6.45) is 77.0. The number of hydrogen-bond donors (Lipinski definition) is 3. The molecule has 6 nitrogen and oxygen atoms in total. The summed E-state index contributed by atoms with van der Waals surface area (Å²) in [6.45, 7) is 5.00. The molecule has 0 aromatic heterocycles. The number of aliphatic hydroxyl groups is 2. The van der Waals surface area contributed by atoms with Crippen molar-refractivity contribution in [2.24, 2.45) is 0 Å². The Bertz CT molecular complexity index is 1070. The molecule has 0 rings (SSSR count). The molecule has 0 heterocycles. The van der Waals surface area contributed by atoms with Gasteiger partial charge in [0.15, 0.2) is 0 Å². The zero-order valence-electron chi connectivity index (χ0n) is 50.6. The van der Waals surface area contributed by atoms with Crippen LogP contribution in [0.25, 0.3) is 0 Å². The number of amides is 1. The van der Waals surface area contributed by atoms with E-state index in [1.165, 1.54) is 327 Å². The van der Waals surface area contributed by atoms with Crippen LogP contribution in [0.1, 0.15) is 399 Å². The maximum absolute atomic E-state index is 12.5. The highest BCUT2D eigenvalue weighted by Crippen LogP contribution is 2.19. The highest BCUT2D eigenvalue weighted by molar-refractivity contribution is 5.76. The standard InChI is InChI=1S/C68H135NO5/c1-3-5-7-9-11-13-15-17-19-20-21-22-23-24-27-30-33-36-40-44-48-52-56-60-66(71)65(64-70)69-67(72)61-57-53-49-45-41-37-34-31-28-25-26-29-32-35-39-43-47-51-55-59-63-74-68(73)62-58-54-50-46-42-38-18-16-14-12-10-8-6-4-2/h65-66,70-71H,3-64H2,1-2H3,(H,69,72). The molecule has 3 N–H and O–H groups in total. The number of hydrogen-bond acceptors (Lipinski definition) is 5. The highest BCUT2D eigenvalue weighted by atomic mass is 16.5. The average Bonchev–Trinajstić information content (AvgIpc) is 3.40. The van der Waals surface area contributed by atoms with Gasteiger partial charge in [-0.1, -0.05) is 361 Å². The molecule has 6 heteroatoms. The lowest BCUT2D eigenvalue weighted by Gasteiger charge is -2.22. The first-order chi connectivity index (χ1) is 36.5. The average molecular weight is 1050 g/mol. The molecule has 0 fully saturated rings. The fraction of sp³-hybridized carbons (Fsp3) is 0.971. The molecule has 0 aliphatic heterocycles. The molecule has 2 unspecified atom stereocenters. The molecule has 0 aromatic rings. The van der Waals surface area contributed by atoms with Crippen molar-refractivity contribution in [2.45, 2.75) is 411 Å². The fourth-order valence-corrected chi connectivity index (χ4v) is 11.2. The summed E-state index contributed by atoms with van der Waals surface area (Å²) < 4.78 is 5.49. The smallest absolute Gasteiger partial charge is 0.305 e. The van der Waals surface area contributed by atoms with Gasteiger partial charge in [0, 0.05) is 12.8 Å². The lowest BCUT2D eigenvalue weighted by molar-refractivity contribution is -0.143. The maximum Gasteiger partial charge on any atom is 0.305 e. The number of nitrogens with one attached hydrogen (secondary N) is 1. The van der Waals surface area contributed by atoms with Gasteiger partial charge in [0.2, 0.25) is 5.91 Å². The maximum atomic E-state index is 12.5. The summed E-state index contributed by atoms with van der Waals surface area (Å²) in [5, 5.41) is 23.4. The van der Waals surface area contributed by atoms with E-state index in [0.29, 0.717) is 25.9 Å². The molecular formula is C68H135NO5. The van der Waals surface area contributed by atoms with E-state index >= 15 is 0 Å². The lowest BCUT2D eigenvalue weighted by Crippen LogP contribution is -2.45. The van der Waals surface area contributed by atoms with Crippen LogP contribution in [0.2, 0.25) is 0 Å². The Hall–Kier alpha value is -1.14. The molecular weight excluding hydrogens is 911 g/mol. The zero-order chi connectivity index (χ0) is 53.6. The van der Waals surface area contributed by atoms with Crippen LogP contribution in [0.5, 0.6) is 0 Å². The van der Waals surface area contributed by atoms with Crippen LogP contribution >= 0.6 is 0 Å². The minimum Gasteiger partial charge on any atom is -0.466 e. The van der Waals surface area contributed by atoms with E-state index in [9.17, 15) is 19.8 Å². The van der Waals surface area contributed by atoms with E-state index in [0.717, 1.165) is 38.5 Å². The number of carbonyl (C=O) groups is 2. The van der Waals surface area contributed by atoms with Crippen LogP contribution in [0, 0.1) is 0 Å². The van der Waals surface area contributed by atoms with E-state index in [1.54, 1.807) is 0 Å². The molecule has 0 aliphatic carbocycles. The Kier molecular flexibility index (Phi) is 63.4. The van der Waals surface area contributed by atoms with Crippen LogP contribution in [-0.2, 0) is 14.3 Å². The topological polar surface area (TPSA) is 95.9 Å². The highest BCUT2D eigenvalue weighted by Gasteiger charge is 2.20. The first kappa shape index (κ1) is 72.9. The third-order valence-corrected chi connectivity index (χ3v) is 16.4. The SMILES string of the molecule is CCCCCCCCCCCCCCCCCCCCCCCCCC(O)C(CO)NC(=O)CCCCCCCCCCCCCCCCCCCCCCOC(=O)CCCCCCCCCCCCCCCC. The van der Waals surface area contributed by atoms with Crippen molar-refractivity contribution in [2.75, 3.05) is 13.2 Å². The molecule has 0 saturated carbocycles. The second kappa shape index (κ2) is 64.4. The van der Waals surface area contributed by atoms with Crippen molar-refractivity contribution in [1.82, 2.24) is 5.32 Å². The van der Waals surface area contributed by atoms with Crippen LogP contribution in [-0.4, -0.2) is 47.4 Å². The van der Waals surface area contributed by atoms with E-state index in [-0.39, 0.29) is 18.5 Å². The van der Waals surface area contributed by atoms with Crippen molar-refractivity contribution in [3.8, 4) is 0 Å². The van der Waals surface area contributed by atoms with Crippen LogP contribution < -0.4 is 5.32 Å². The number of rotatable bonds is 65. The number of carbonyl (C=O) groups excluding carboxylic acids is 2. The summed E-state index contributed by atoms with van der Waals surface area (Å²) in [7, 11) is 0. The molecule has 1 amide bonds. The van der Waals surface area contributed by atoms with Crippen molar-refractivity contribution in [1.29, 1.82) is 0 Å². The summed E-state index contributed by atoms with van der Waals surface area (Å²) in [5.41, 5.74) is 0. The van der Waals surface area contributed by atoms with Crippen LogP contribution in [0.15, 0.2) is 0 Å². The minimum absolute atomic E-state index is 0.0145. The lowest BCUT2D eigenvalue weighted by atomic mass is 10.0. The van der Waals surface area contributed by atoms with Gasteiger partial charge in [-0.05, 0) is 25.7 Å². The van der Waals surface area contributed by atoms with Gasteiger partial charge < -0.3 is 20.3 Å². The quantitative estimate of drug-likeness (QED) is 0.0417. The van der Waals surface area contributed by atoms with Crippen molar-refractivity contribution in [3.63, 3.8) is 0 Å². The molecule has 0 aromatic carbocycles.